The first kappa shape index (κ1) is 36.1. The molecule has 0 radical (unpaired) electrons. The quantitative estimate of drug-likeness (QED) is 0.135. The molecule has 1 saturated heterocycles. The van der Waals surface area contributed by atoms with Crippen LogP contribution in [-0.2, 0) is 19.8 Å². The summed E-state index contributed by atoms with van der Waals surface area (Å²) in [6.45, 7) is 3.98. The number of hydrogen-bond donors (Lipinski definition) is 3. The first-order valence-electron chi connectivity index (χ1n) is 18.4. The minimum Gasteiger partial charge on any atom is -0.356 e. The highest BCUT2D eigenvalue weighted by molar-refractivity contribution is 5.86. The lowest BCUT2D eigenvalue weighted by Crippen LogP contribution is -2.43. The number of benzene rings is 3. The second-order valence-corrected chi connectivity index (χ2v) is 13.8. The molecule has 0 aromatic heterocycles. The molecule has 0 unspecified atom stereocenters. The Kier molecular flexibility index (Phi) is 14.0. The molecule has 1 fully saturated rings. The van der Waals surface area contributed by atoms with Crippen molar-refractivity contribution in [2.24, 2.45) is 5.92 Å². The van der Waals surface area contributed by atoms with Crippen LogP contribution in [0.25, 0.3) is 0 Å². The summed E-state index contributed by atoms with van der Waals surface area (Å²) < 4.78 is 0. The summed E-state index contributed by atoms with van der Waals surface area (Å²) in [5.41, 5.74) is 3.87. The molecule has 2 aliphatic rings. The molecule has 260 valence electrons. The summed E-state index contributed by atoms with van der Waals surface area (Å²) in [5.74, 6) is -0.145. The Hall–Kier alpha value is -4.23. The van der Waals surface area contributed by atoms with Gasteiger partial charge in [-0.3, -0.25) is 19.3 Å². The molecular formula is C42H54N4O3. The van der Waals surface area contributed by atoms with Crippen LogP contribution in [0.15, 0.2) is 103 Å². The topological polar surface area (TPSA) is 90.5 Å². The third-order valence-corrected chi connectivity index (χ3v) is 10.1. The Morgan fingerprint density at radius 3 is 1.94 bits per heavy atom. The van der Waals surface area contributed by atoms with Gasteiger partial charge in [-0.2, -0.15) is 0 Å². The molecule has 3 amide bonds. The van der Waals surface area contributed by atoms with E-state index in [9.17, 15) is 14.4 Å². The number of nitrogens with zero attached hydrogens (tertiary/aromatic N) is 1. The molecule has 0 saturated carbocycles. The SMILES string of the molecule is O=C(CCNC(=O)CNC(=O)CC(c1ccccc1)(c1ccccc1)c1ccccc1)NC[C@H]1CCCN(CC2=CCCCCCCC2)C1. The predicted molar refractivity (Wildman–Crippen MR) is 197 cm³/mol. The van der Waals surface area contributed by atoms with Crippen LogP contribution in [-0.4, -0.2) is 61.9 Å². The predicted octanol–water partition coefficient (Wildman–Crippen LogP) is 6.53. The lowest BCUT2D eigenvalue weighted by molar-refractivity contribution is -0.126. The lowest BCUT2D eigenvalue weighted by atomic mass is 9.67. The minimum atomic E-state index is -0.733. The zero-order valence-corrected chi connectivity index (χ0v) is 29.0. The number of hydrogen-bond acceptors (Lipinski definition) is 4. The summed E-state index contributed by atoms with van der Waals surface area (Å²) in [6, 6.07) is 30.1. The molecule has 7 heteroatoms. The van der Waals surface area contributed by atoms with E-state index in [4.69, 9.17) is 0 Å². The van der Waals surface area contributed by atoms with Gasteiger partial charge in [0.15, 0.2) is 0 Å². The third-order valence-electron chi connectivity index (χ3n) is 10.1. The minimum absolute atomic E-state index is 0.0567. The van der Waals surface area contributed by atoms with E-state index < -0.39 is 5.41 Å². The summed E-state index contributed by atoms with van der Waals surface area (Å²) in [4.78, 5) is 41.4. The van der Waals surface area contributed by atoms with E-state index in [1.165, 1.54) is 51.4 Å². The molecule has 3 aromatic carbocycles. The highest BCUT2D eigenvalue weighted by atomic mass is 16.2. The van der Waals surface area contributed by atoms with Crippen molar-refractivity contribution in [1.82, 2.24) is 20.9 Å². The van der Waals surface area contributed by atoms with E-state index >= 15 is 0 Å². The van der Waals surface area contributed by atoms with Gasteiger partial charge in [-0.1, -0.05) is 122 Å². The molecule has 1 aliphatic heterocycles. The van der Waals surface area contributed by atoms with E-state index in [0.29, 0.717) is 12.5 Å². The van der Waals surface area contributed by atoms with Crippen LogP contribution in [0.2, 0.25) is 0 Å². The second-order valence-electron chi connectivity index (χ2n) is 13.8. The fourth-order valence-electron chi connectivity index (χ4n) is 7.51. The number of amides is 3. The van der Waals surface area contributed by atoms with Gasteiger partial charge >= 0.3 is 0 Å². The number of piperidine rings is 1. The maximum Gasteiger partial charge on any atom is 0.239 e. The van der Waals surface area contributed by atoms with Crippen molar-refractivity contribution in [3.8, 4) is 0 Å². The van der Waals surface area contributed by atoms with E-state index in [2.05, 4.69) is 26.9 Å². The third kappa shape index (κ3) is 10.9. The Bertz CT molecular complexity index is 1400. The number of nitrogens with one attached hydrogen (secondary N) is 3. The van der Waals surface area contributed by atoms with Crippen LogP contribution < -0.4 is 16.0 Å². The van der Waals surface area contributed by atoms with Crippen LogP contribution in [0, 0.1) is 5.92 Å². The molecule has 1 aliphatic carbocycles. The van der Waals surface area contributed by atoms with Crippen molar-refractivity contribution in [1.29, 1.82) is 0 Å². The lowest BCUT2D eigenvalue weighted by Gasteiger charge is -2.35. The van der Waals surface area contributed by atoms with Crippen molar-refractivity contribution in [3.63, 3.8) is 0 Å². The van der Waals surface area contributed by atoms with Crippen LogP contribution in [0.5, 0.6) is 0 Å². The highest BCUT2D eigenvalue weighted by Gasteiger charge is 2.38. The number of likely N-dealkylation sites (tertiary alicyclic amines) is 1. The zero-order valence-electron chi connectivity index (χ0n) is 29.0. The van der Waals surface area contributed by atoms with Gasteiger partial charge in [-0.05, 0) is 67.7 Å². The summed E-state index contributed by atoms with van der Waals surface area (Å²) >= 11 is 0. The van der Waals surface area contributed by atoms with E-state index in [1.54, 1.807) is 5.57 Å². The largest absolute Gasteiger partial charge is 0.356 e. The molecule has 1 atom stereocenters. The highest BCUT2D eigenvalue weighted by Crippen LogP contribution is 2.42. The van der Waals surface area contributed by atoms with Crippen LogP contribution in [0.3, 0.4) is 0 Å². The van der Waals surface area contributed by atoms with Crippen molar-refractivity contribution in [2.45, 2.75) is 76.0 Å². The number of allylic oxidation sites excluding steroid dienone is 1. The van der Waals surface area contributed by atoms with Crippen LogP contribution in [0.4, 0.5) is 0 Å². The zero-order chi connectivity index (χ0) is 34.2. The van der Waals surface area contributed by atoms with Crippen molar-refractivity contribution >= 4 is 17.7 Å². The Balaban J connectivity index is 1.06. The van der Waals surface area contributed by atoms with Crippen molar-refractivity contribution in [2.75, 3.05) is 39.3 Å². The summed E-state index contributed by atoms with van der Waals surface area (Å²) in [7, 11) is 0. The fraction of sp³-hybridized carbons (Fsp3) is 0.452. The van der Waals surface area contributed by atoms with Crippen molar-refractivity contribution < 1.29 is 14.4 Å². The Morgan fingerprint density at radius 2 is 1.29 bits per heavy atom. The average Bonchev–Trinajstić information content (AvgIpc) is 3.27. The fourth-order valence-corrected chi connectivity index (χ4v) is 7.51. The van der Waals surface area contributed by atoms with E-state index in [0.717, 1.165) is 42.7 Å². The first-order valence-corrected chi connectivity index (χ1v) is 18.4. The van der Waals surface area contributed by atoms with Gasteiger partial charge in [0.1, 0.15) is 0 Å². The van der Waals surface area contributed by atoms with E-state index in [1.807, 2.05) is 91.0 Å². The normalized spacial score (nSPS) is 17.5. The molecule has 0 spiro atoms. The van der Waals surface area contributed by atoms with Gasteiger partial charge in [0.2, 0.25) is 17.7 Å². The molecule has 49 heavy (non-hydrogen) atoms. The van der Waals surface area contributed by atoms with Gasteiger partial charge in [-0.25, -0.2) is 0 Å². The van der Waals surface area contributed by atoms with Gasteiger partial charge in [0, 0.05) is 39.0 Å². The Morgan fingerprint density at radius 1 is 0.673 bits per heavy atom. The van der Waals surface area contributed by atoms with E-state index in [-0.39, 0.29) is 43.7 Å². The number of rotatable bonds is 14. The van der Waals surface area contributed by atoms with Gasteiger partial charge in [0.25, 0.3) is 0 Å². The smallest absolute Gasteiger partial charge is 0.239 e. The average molecular weight is 663 g/mol. The molecule has 7 nitrogen and oxygen atoms in total. The maximum atomic E-state index is 13.5. The number of carbonyl (C=O) groups is 3. The van der Waals surface area contributed by atoms with Gasteiger partial charge < -0.3 is 16.0 Å². The molecule has 3 aromatic rings. The van der Waals surface area contributed by atoms with Gasteiger partial charge in [0.05, 0.1) is 12.0 Å². The monoisotopic (exact) mass is 662 g/mol. The summed E-state index contributed by atoms with van der Waals surface area (Å²) in [5, 5.41) is 8.74. The maximum absolute atomic E-state index is 13.5. The molecule has 0 bridgehead atoms. The molecule has 5 rings (SSSR count). The molecular weight excluding hydrogens is 608 g/mol. The first-order chi connectivity index (χ1) is 24.0. The van der Waals surface area contributed by atoms with Crippen molar-refractivity contribution in [3.05, 3.63) is 119 Å². The molecule has 1 heterocycles. The standard InChI is InChI=1S/C42H54N4O3/c47-39(44-30-35-19-16-28-46(33-35)32-34-17-8-3-1-2-4-9-18-34)26-27-43-41(49)31-45-40(48)29-42(36-20-10-5-11-21-36,37-22-12-6-13-23-37)38-24-14-7-15-25-38/h5-7,10-15,17,20-25,35H,1-4,8-9,16,18-19,26-33H2,(H,43,49)(H,44,47)(H,45,48)/t35-/m1/s1. The Labute approximate surface area is 292 Å². The summed E-state index contributed by atoms with van der Waals surface area (Å²) in [6.07, 6.45) is 14.3. The van der Waals surface area contributed by atoms with Crippen LogP contribution >= 0.6 is 0 Å². The van der Waals surface area contributed by atoms with Crippen LogP contribution in [0.1, 0.15) is 87.3 Å². The van der Waals surface area contributed by atoms with Gasteiger partial charge in [-0.15, -0.1) is 0 Å². The number of carbonyl (C=O) groups excluding carboxylic acids is 3. The second kappa shape index (κ2) is 19.1. The molecule has 3 N–H and O–H groups in total.